The Morgan fingerprint density at radius 3 is 2.46 bits per heavy atom. The monoisotopic (exact) mass is 467 g/mol. The number of likely N-dealkylation sites (tertiary alicyclic amines) is 1. The van der Waals surface area contributed by atoms with Crippen molar-refractivity contribution in [1.82, 2.24) is 9.97 Å². The van der Waals surface area contributed by atoms with E-state index in [1.165, 1.54) is 0 Å². The first-order valence-corrected chi connectivity index (χ1v) is 12.3. The largest absolute Gasteiger partial charge is 0.428 e. The third-order valence-electron chi connectivity index (χ3n) is 7.31. The van der Waals surface area contributed by atoms with Gasteiger partial charge in [-0.15, -0.1) is 0 Å². The number of benzene rings is 3. The maximum atomic E-state index is 13.8. The van der Waals surface area contributed by atoms with E-state index in [0.717, 1.165) is 52.1 Å². The highest BCUT2D eigenvalue weighted by Gasteiger charge is 2.52. The minimum atomic E-state index is -0.245. The number of para-hydroxylation sites is 3. The summed E-state index contributed by atoms with van der Waals surface area (Å²) < 4.78 is -0.164. The standard InChI is InChI=1S/C29H30N4O2/c1-20-10-3-4-12-22(20)23-13-5-6-14-24(23)32-29(35)33(19-9-11-21(33)2)28(34)18-17-27-30-25-15-7-8-16-26(25)31-27/h3-8,10,12-16,21H,9,11,17-19H2,1-2H3,(H-,30,31,32,35)/p+1/t21-,33?/m1/s1. The molecule has 1 aliphatic heterocycles. The Bertz CT molecular complexity index is 1360. The van der Waals surface area contributed by atoms with Gasteiger partial charge >= 0.3 is 11.9 Å². The van der Waals surface area contributed by atoms with Gasteiger partial charge in [-0.05, 0) is 43.2 Å². The lowest BCUT2D eigenvalue weighted by Gasteiger charge is -2.33. The lowest BCUT2D eigenvalue weighted by molar-refractivity contribution is -0.782. The van der Waals surface area contributed by atoms with E-state index in [1.807, 2.05) is 67.6 Å². The van der Waals surface area contributed by atoms with Crippen molar-refractivity contribution >= 4 is 28.7 Å². The number of aromatic nitrogens is 2. The van der Waals surface area contributed by atoms with E-state index < -0.39 is 0 Å². The molecule has 0 aliphatic carbocycles. The van der Waals surface area contributed by atoms with Crippen LogP contribution in [0.5, 0.6) is 0 Å². The van der Waals surface area contributed by atoms with Crippen LogP contribution in [0.2, 0.25) is 0 Å². The Hall–Kier alpha value is -3.77. The minimum Gasteiger partial charge on any atom is -0.342 e. The molecule has 3 aromatic carbocycles. The molecule has 6 heteroatoms. The van der Waals surface area contributed by atoms with Gasteiger partial charge in [-0.1, -0.05) is 54.6 Å². The average molecular weight is 468 g/mol. The van der Waals surface area contributed by atoms with Gasteiger partial charge < -0.3 is 4.98 Å². The normalized spacial score (nSPS) is 19.7. The molecule has 4 aromatic rings. The van der Waals surface area contributed by atoms with E-state index >= 15 is 0 Å². The van der Waals surface area contributed by atoms with Crippen LogP contribution in [-0.4, -0.2) is 39.0 Å². The predicted octanol–water partition coefficient (Wildman–Crippen LogP) is 6.23. The quantitative estimate of drug-likeness (QED) is 0.342. The Morgan fingerprint density at radius 1 is 1.00 bits per heavy atom. The zero-order valence-corrected chi connectivity index (χ0v) is 20.3. The average Bonchev–Trinajstić information content (AvgIpc) is 3.47. The first-order valence-electron chi connectivity index (χ1n) is 12.3. The van der Waals surface area contributed by atoms with Crippen LogP contribution >= 0.6 is 0 Å². The van der Waals surface area contributed by atoms with Crippen LogP contribution in [0.25, 0.3) is 22.2 Å². The molecule has 3 amide bonds. The highest BCUT2D eigenvalue weighted by atomic mass is 16.2. The van der Waals surface area contributed by atoms with Crippen LogP contribution in [0.1, 0.15) is 37.6 Å². The van der Waals surface area contributed by atoms with Gasteiger partial charge in [0.2, 0.25) is 0 Å². The molecule has 0 bridgehead atoms. The molecule has 0 spiro atoms. The van der Waals surface area contributed by atoms with Gasteiger partial charge in [0.15, 0.2) is 0 Å². The summed E-state index contributed by atoms with van der Waals surface area (Å²) in [6, 6.07) is 23.5. The zero-order chi connectivity index (χ0) is 24.4. The molecule has 5 rings (SSSR count). The zero-order valence-electron chi connectivity index (χ0n) is 20.3. The van der Waals surface area contributed by atoms with Gasteiger partial charge in [0.05, 0.1) is 29.7 Å². The topological polar surface area (TPSA) is 74.8 Å². The summed E-state index contributed by atoms with van der Waals surface area (Å²) in [6.07, 6.45) is 2.44. The Balaban J connectivity index is 1.39. The summed E-state index contributed by atoms with van der Waals surface area (Å²) in [4.78, 5) is 35.4. The molecule has 2 N–H and O–H groups in total. The van der Waals surface area contributed by atoms with Gasteiger partial charge in [0.1, 0.15) is 11.9 Å². The SMILES string of the molecule is Cc1ccccc1-c1ccccc1NC(=O)[N+]1(C(=O)CCc2nc3ccccc3[nH]2)CCC[C@H]1C. The van der Waals surface area contributed by atoms with E-state index in [4.69, 9.17) is 0 Å². The molecular weight excluding hydrogens is 436 g/mol. The third kappa shape index (κ3) is 4.26. The first kappa shape index (κ1) is 23.0. The van der Waals surface area contributed by atoms with E-state index in [9.17, 15) is 9.59 Å². The highest BCUT2D eigenvalue weighted by molar-refractivity contribution is 5.96. The number of carbonyl (C=O) groups is 2. The fourth-order valence-electron chi connectivity index (χ4n) is 5.33. The number of imidazole rings is 1. The number of hydrogen-bond donors (Lipinski definition) is 2. The van der Waals surface area contributed by atoms with Crippen molar-refractivity contribution in [2.24, 2.45) is 0 Å². The Morgan fingerprint density at radius 2 is 1.71 bits per heavy atom. The molecule has 2 heterocycles. The molecule has 2 atom stereocenters. The molecule has 1 fully saturated rings. The number of carbonyl (C=O) groups excluding carboxylic acids is 2. The van der Waals surface area contributed by atoms with E-state index in [0.29, 0.717) is 13.0 Å². The number of amides is 3. The van der Waals surface area contributed by atoms with Crippen LogP contribution in [0.4, 0.5) is 10.5 Å². The molecule has 1 saturated heterocycles. The lowest BCUT2D eigenvalue weighted by Crippen LogP contribution is -2.60. The summed E-state index contributed by atoms with van der Waals surface area (Å²) in [5, 5.41) is 3.14. The Labute approximate surface area is 205 Å². The van der Waals surface area contributed by atoms with Gasteiger partial charge in [-0.2, -0.15) is 4.48 Å². The number of rotatable bonds is 5. The summed E-state index contributed by atoms with van der Waals surface area (Å²) in [5.74, 6) is 0.719. The van der Waals surface area contributed by atoms with Crippen molar-refractivity contribution in [3.8, 4) is 11.1 Å². The van der Waals surface area contributed by atoms with Crippen molar-refractivity contribution in [1.29, 1.82) is 0 Å². The second-order valence-corrected chi connectivity index (χ2v) is 9.47. The Kier molecular flexibility index (Phi) is 6.22. The molecule has 35 heavy (non-hydrogen) atoms. The molecule has 0 saturated carbocycles. The number of aromatic amines is 1. The number of hydrogen-bond acceptors (Lipinski definition) is 3. The van der Waals surface area contributed by atoms with Gasteiger partial charge in [-0.3, -0.25) is 5.32 Å². The summed E-state index contributed by atoms with van der Waals surface area (Å²) in [7, 11) is 0. The second kappa shape index (κ2) is 9.47. The maximum absolute atomic E-state index is 13.8. The van der Waals surface area contributed by atoms with E-state index in [-0.39, 0.29) is 28.9 Å². The number of nitrogens with one attached hydrogen (secondary N) is 2. The number of urea groups is 1. The van der Waals surface area contributed by atoms with E-state index in [1.54, 1.807) is 0 Å². The molecule has 1 aromatic heterocycles. The number of H-pyrrole nitrogens is 1. The third-order valence-corrected chi connectivity index (χ3v) is 7.31. The van der Waals surface area contributed by atoms with Crippen molar-refractivity contribution in [3.63, 3.8) is 0 Å². The number of quaternary nitrogens is 1. The molecule has 178 valence electrons. The molecule has 6 nitrogen and oxygen atoms in total. The van der Waals surface area contributed by atoms with Crippen molar-refractivity contribution in [2.45, 2.75) is 45.6 Å². The number of nitrogens with zero attached hydrogens (tertiary/aromatic N) is 2. The fourth-order valence-corrected chi connectivity index (χ4v) is 5.33. The lowest BCUT2D eigenvalue weighted by atomic mass is 9.99. The summed E-state index contributed by atoms with van der Waals surface area (Å²) in [5.41, 5.74) is 5.74. The number of fused-ring (bicyclic) bond motifs is 1. The highest BCUT2D eigenvalue weighted by Crippen LogP contribution is 2.34. The first-order chi connectivity index (χ1) is 17.0. The van der Waals surface area contributed by atoms with Crippen molar-refractivity contribution < 1.29 is 14.1 Å². The number of imide groups is 1. The molecule has 1 unspecified atom stereocenters. The number of anilines is 1. The molecular formula is C29H31N4O2+. The van der Waals surface area contributed by atoms with Gasteiger partial charge in [0.25, 0.3) is 0 Å². The summed E-state index contributed by atoms with van der Waals surface area (Å²) in [6.45, 7) is 4.60. The predicted molar refractivity (Wildman–Crippen MR) is 139 cm³/mol. The van der Waals surface area contributed by atoms with Crippen molar-refractivity contribution in [3.05, 3.63) is 84.2 Å². The van der Waals surface area contributed by atoms with Crippen LogP contribution in [0, 0.1) is 6.92 Å². The fraction of sp³-hybridized carbons (Fsp3) is 0.276. The van der Waals surface area contributed by atoms with Crippen LogP contribution < -0.4 is 5.32 Å². The summed E-state index contributed by atoms with van der Waals surface area (Å²) >= 11 is 0. The molecule has 1 aliphatic rings. The number of aryl methyl sites for hydroxylation is 2. The van der Waals surface area contributed by atoms with Crippen LogP contribution in [-0.2, 0) is 11.2 Å². The minimum absolute atomic E-state index is 0.0543. The smallest absolute Gasteiger partial charge is 0.342 e. The van der Waals surface area contributed by atoms with E-state index in [2.05, 4.69) is 34.3 Å². The van der Waals surface area contributed by atoms with Crippen molar-refractivity contribution in [2.75, 3.05) is 11.9 Å². The maximum Gasteiger partial charge on any atom is 0.428 e. The van der Waals surface area contributed by atoms with Gasteiger partial charge in [-0.25, -0.2) is 14.6 Å². The van der Waals surface area contributed by atoms with Crippen LogP contribution in [0.3, 0.4) is 0 Å². The van der Waals surface area contributed by atoms with Crippen LogP contribution in [0.15, 0.2) is 72.8 Å². The molecule has 0 radical (unpaired) electrons. The second-order valence-electron chi connectivity index (χ2n) is 9.47. The van der Waals surface area contributed by atoms with Gasteiger partial charge in [0, 0.05) is 24.8 Å².